The third-order valence-corrected chi connectivity index (χ3v) is 8.89. The molecule has 2 aliphatic heterocycles. The molecule has 2 amide bonds. The van der Waals surface area contributed by atoms with Gasteiger partial charge in [0, 0.05) is 80.8 Å². The standard InChI is InChI=1S/C32H46Cl2N6O2/c1-23(2)22-40(39-18-16-37(3)17-19-39)26-12-14-38(15-13-26)32(42)30(20-24-8-10-25(33)11-9-24)36-31(41)21-29(35)27-6-4-5-7-28(27)34/h4-11,23,26,29-30H,12-22,35H2,1-3H3,(H,36,41). The lowest BCUT2D eigenvalue weighted by atomic mass is 9.99. The number of nitrogens with one attached hydrogen (secondary N) is 1. The second-order valence-corrected chi connectivity index (χ2v) is 13.0. The molecule has 2 heterocycles. The van der Waals surface area contributed by atoms with Gasteiger partial charge in [0.25, 0.3) is 0 Å². The molecule has 2 aromatic rings. The SMILES string of the molecule is CC(C)CN(C1CCN(C(=O)C(Cc2ccc(Cl)cc2)NC(=O)CC(N)c2ccccc2Cl)CC1)N1CCN(C)CC1. The summed E-state index contributed by atoms with van der Waals surface area (Å²) in [7, 11) is 2.18. The van der Waals surface area contributed by atoms with Crippen molar-refractivity contribution in [3.05, 3.63) is 69.7 Å². The van der Waals surface area contributed by atoms with Crippen molar-refractivity contribution >= 4 is 35.0 Å². The highest BCUT2D eigenvalue weighted by atomic mass is 35.5. The van der Waals surface area contributed by atoms with Crippen molar-refractivity contribution in [1.82, 2.24) is 25.1 Å². The lowest BCUT2D eigenvalue weighted by Crippen LogP contribution is -2.60. The fourth-order valence-electron chi connectivity index (χ4n) is 5.92. The van der Waals surface area contributed by atoms with Crippen LogP contribution >= 0.6 is 23.2 Å². The number of hydrogen-bond donors (Lipinski definition) is 2. The Kier molecular flexibility index (Phi) is 12.1. The minimum Gasteiger partial charge on any atom is -0.344 e. The maximum Gasteiger partial charge on any atom is 0.245 e. The lowest BCUT2D eigenvalue weighted by Gasteiger charge is -2.47. The highest BCUT2D eigenvalue weighted by molar-refractivity contribution is 6.31. The lowest BCUT2D eigenvalue weighted by molar-refractivity contribution is -0.140. The molecule has 4 rings (SSSR count). The summed E-state index contributed by atoms with van der Waals surface area (Å²) in [6, 6.07) is 13.8. The fourth-order valence-corrected chi connectivity index (χ4v) is 6.32. The van der Waals surface area contributed by atoms with Gasteiger partial charge in [-0.25, -0.2) is 10.0 Å². The van der Waals surface area contributed by atoms with Crippen molar-refractivity contribution < 1.29 is 9.59 Å². The zero-order valence-electron chi connectivity index (χ0n) is 25.1. The highest BCUT2D eigenvalue weighted by Crippen LogP contribution is 2.24. The Hall–Kier alpha value is -2.20. The Morgan fingerprint density at radius 1 is 0.976 bits per heavy atom. The second kappa shape index (κ2) is 15.5. The van der Waals surface area contributed by atoms with E-state index in [0.29, 0.717) is 47.1 Å². The fraction of sp³-hybridized carbons (Fsp3) is 0.562. The Morgan fingerprint density at radius 2 is 1.62 bits per heavy atom. The molecule has 230 valence electrons. The number of halogens is 2. The number of benzene rings is 2. The summed E-state index contributed by atoms with van der Waals surface area (Å²) in [5.74, 6) is 0.223. The summed E-state index contributed by atoms with van der Waals surface area (Å²) in [6.07, 6.45) is 2.22. The largest absolute Gasteiger partial charge is 0.344 e. The molecule has 0 radical (unpaired) electrons. The van der Waals surface area contributed by atoms with Gasteiger partial charge in [0.2, 0.25) is 11.8 Å². The molecule has 2 saturated heterocycles. The van der Waals surface area contributed by atoms with Crippen molar-refractivity contribution in [3.8, 4) is 0 Å². The minimum absolute atomic E-state index is 0.0331. The summed E-state index contributed by atoms with van der Waals surface area (Å²) in [4.78, 5) is 31.4. The van der Waals surface area contributed by atoms with Gasteiger partial charge in [0.1, 0.15) is 6.04 Å². The van der Waals surface area contributed by atoms with Gasteiger partial charge in [0.15, 0.2) is 0 Å². The van der Waals surface area contributed by atoms with E-state index in [-0.39, 0.29) is 18.2 Å². The van der Waals surface area contributed by atoms with Crippen LogP contribution in [-0.4, -0.2) is 96.6 Å². The second-order valence-electron chi connectivity index (χ2n) is 12.1. The predicted molar refractivity (Wildman–Crippen MR) is 170 cm³/mol. The van der Waals surface area contributed by atoms with Crippen molar-refractivity contribution in [3.63, 3.8) is 0 Å². The minimum atomic E-state index is -0.696. The van der Waals surface area contributed by atoms with Gasteiger partial charge in [-0.2, -0.15) is 0 Å². The van der Waals surface area contributed by atoms with Crippen molar-refractivity contribution in [2.24, 2.45) is 11.7 Å². The number of piperidine rings is 1. The molecule has 0 spiro atoms. The molecule has 0 saturated carbocycles. The van der Waals surface area contributed by atoms with Gasteiger partial charge in [-0.1, -0.05) is 67.4 Å². The molecule has 2 fully saturated rings. The van der Waals surface area contributed by atoms with E-state index in [2.05, 4.69) is 41.1 Å². The van der Waals surface area contributed by atoms with Gasteiger partial charge in [-0.3, -0.25) is 9.59 Å². The molecular weight excluding hydrogens is 571 g/mol. The van der Waals surface area contributed by atoms with E-state index < -0.39 is 12.1 Å². The average molecular weight is 618 g/mol. The Labute approximate surface area is 261 Å². The van der Waals surface area contributed by atoms with Crippen LogP contribution in [-0.2, 0) is 16.0 Å². The summed E-state index contributed by atoms with van der Waals surface area (Å²) in [6.45, 7) is 11.1. The highest BCUT2D eigenvalue weighted by Gasteiger charge is 2.34. The molecule has 3 N–H and O–H groups in total. The topological polar surface area (TPSA) is 85.1 Å². The number of nitrogens with two attached hydrogens (primary N) is 1. The van der Waals surface area contributed by atoms with E-state index in [0.717, 1.165) is 51.1 Å². The van der Waals surface area contributed by atoms with E-state index >= 15 is 0 Å². The van der Waals surface area contributed by atoms with Gasteiger partial charge in [-0.05, 0) is 55.1 Å². The summed E-state index contributed by atoms with van der Waals surface area (Å²) in [5.41, 5.74) is 7.98. The maximum atomic E-state index is 13.9. The normalized spacial score (nSPS) is 18.8. The van der Waals surface area contributed by atoms with Crippen LogP contribution in [0.1, 0.15) is 50.3 Å². The quantitative estimate of drug-likeness (QED) is 0.393. The van der Waals surface area contributed by atoms with Gasteiger partial charge in [0.05, 0.1) is 0 Å². The van der Waals surface area contributed by atoms with Gasteiger partial charge < -0.3 is 20.9 Å². The van der Waals surface area contributed by atoms with Crippen LogP contribution in [0.3, 0.4) is 0 Å². The summed E-state index contributed by atoms with van der Waals surface area (Å²) >= 11 is 12.4. The van der Waals surface area contributed by atoms with Crippen LogP contribution < -0.4 is 11.1 Å². The number of rotatable bonds is 11. The van der Waals surface area contributed by atoms with Crippen LogP contribution in [0.2, 0.25) is 10.0 Å². The number of likely N-dealkylation sites (tertiary alicyclic amines) is 1. The van der Waals surface area contributed by atoms with E-state index in [1.54, 1.807) is 18.2 Å². The van der Waals surface area contributed by atoms with Crippen LogP contribution in [0.25, 0.3) is 0 Å². The number of amides is 2. The third kappa shape index (κ3) is 9.15. The maximum absolute atomic E-state index is 13.9. The monoisotopic (exact) mass is 616 g/mol. The smallest absolute Gasteiger partial charge is 0.245 e. The van der Waals surface area contributed by atoms with Crippen LogP contribution in [0.15, 0.2) is 48.5 Å². The molecule has 0 bridgehead atoms. The molecule has 2 aromatic carbocycles. The number of likely N-dealkylation sites (N-methyl/N-ethyl adjacent to an activating group) is 1. The Bertz CT molecular complexity index is 1160. The zero-order chi connectivity index (χ0) is 30.2. The molecule has 2 unspecified atom stereocenters. The molecular formula is C32H46Cl2N6O2. The number of carbonyl (C=O) groups excluding carboxylic acids is 2. The van der Waals surface area contributed by atoms with Crippen molar-refractivity contribution in [2.45, 2.75) is 57.7 Å². The third-order valence-electron chi connectivity index (χ3n) is 8.29. The van der Waals surface area contributed by atoms with Crippen molar-refractivity contribution in [1.29, 1.82) is 0 Å². The molecule has 10 heteroatoms. The average Bonchev–Trinajstić information content (AvgIpc) is 2.97. The first-order valence-corrected chi connectivity index (χ1v) is 15.9. The molecule has 2 aliphatic rings. The van der Waals surface area contributed by atoms with Gasteiger partial charge >= 0.3 is 0 Å². The number of piperazine rings is 1. The first kappa shape index (κ1) is 32.7. The predicted octanol–water partition coefficient (Wildman–Crippen LogP) is 4.22. The zero-order valence-corrected chi connectivity index (χ0v) is 26.7. The Morgan fingerprint density at radius 3 is 2.24 bits per heavy atom. The number of hydrazine groups is 1. The van der Waals surface area contributed by atoms with E-state index in [1.165, 1.54) is 0 Å². The first-order valence-electron chi connectivity index (χ1n) is 15.1. The molecule has 0 aliphatic carbocycles. The number of hydrogen-bond acceptors (Lipinski definition) is 6. The molecule has 0 aromatic heterocycles. The van der Waals surface area contributed by atoms with E-state index in [9.17, 15) is 9.59 Å². The van der Waals surface area contributed by atoms with Crippen LogP contribution in [0, 0.1) is 5.92 Å². The summed E-state index contributed by atoms with van der Waals surface area (Å²) < 4.78 is 0. The Balaban J connectivity index is 1.42. The van der Waals surface area contributed by atoms with Crippen LogP contribution in [0.5, 0.6) is 0 Å². The van der Waals surface area contributed by atoms with Crippen LogP contribution in [0.4, 0.5) is 0 Å². The van der Waals surface area contributed by atoms with Gasteiger partial charge in [-0.15, -0.1) is 0 Å². The molecule has 8 nitrogen and oxygen atoms in total. The number of nitrogens with zero attached hydrogens (tertiary/aromatic N) is 4. The first-order chi connectivity index (χ1) is 20.1. The van der Waals surface area contributed by atoms with E-state index in [4.69, 9.17) is 28.9 Å². The van der Waals surface area contributed by atoms with E-state index in [1.807, 2.05) is 35.2 Å². The molecule has 2 atom stereocenters. The van der Waals surface area contributed by atoms with Crippen molar-refractivity contribution in [2.75, 3.05) is 52.9 Å². The summed E-state index contributed by atoms with van der Waals surface area (Å²) in [5, 5.41) is 9.25. The molecule has 42 heavy (non-hydrogen) atoms. The number of carbonyl (C=O) groups is 2.